The molecule has 0 saturated carbocycles. The molecule has 0 saturated heterocycles. The summed E-state index contributed by atoms with van der Waals surface area (Å²) < 4.78 is 5.29. The van der Waals surface area contributed by atoms with Crippen LogP contribution in [0.5, 0.6) is 0 Å². The van der Waals surface area contributed by atoms with E-state index in [2.05, 4.69) is 0 Å². The molecule has 0 rings (SSSR count). The van der Waals surface area contributed by atoms with E-state index in [1.165, 1.54) is 0 Å². The molecular weight excluding hydrogens is 142 g/mol. The molecule has 3 heteroatoms. The molecule has 0 aromatic carbocycles. The third-order valence-electron chi connectivity index (χ3n) is 1.60. The maximum absolute atomic E-state index is 9.43. The van der Waals surface area contributed by atoms with Gasteiger partial charge in [-0.05, 0) is 27.7 Å². The highest BCUT2D eigenvalue weighted by molar-refractivity contribution is 4.73. The van der Waals surface area contributed by atoms with Crippen LogP contribution in [-0.2, 0) is 4.74 Å². The second-order valence-corrected chi connectivity index (χ2v) is 3.61. The second kappa shape index (κ2) is 4.04. The van der Waals surface area contributed by atoms with E-state index in [4.69, 9.17) is 10.5 Å². The summed E-state index contributed by atoms with van der Waals surface area (Å²) in [5.74, 6) is 0. The first kappa shape index (κ1) is 10.9. The highest BCUT2D eigenvalue weighted by Crippen LogP contribution is 2.11. The first-order valence-electron chi connectivity index (χ1n) is 3.93. The van der Waals surface area contributed by atoms with Crippen LogP contribution in [0.1, 0.15) is 27.7 Å². The second-order valence-electron chi connectivity index (χ2n) is 3.61. The van der Waals surface area contributed by atoms with Gasteiger partial charge in [-0.15, -0.1) is 0 Å². The molecule has 3 N–H and O–H groups in total. The van der Waals surface area contributed by atoms with Gasteiger partial charge in [-0.2, -0.15) is 0 Å². The summed E-state index contributed by atoms with van der Waals surface area (Å²) in [5, 5.41) is 9.43. The molecule has 0 bridgehead atoms. The van der Waals surface area contributed by atoms with Crippen molar-refractivity contribution in [2.45, 2.75) is 45.4 Å². The molecule has 11 heavy (non-hydrogen) atoms. The van der Waals surface area contributed by atoms with Crippen LogP contribution in [0.2, 0.25) is 0 Å². The van der Waals surface area contributed by atoms with Crippen LogP contribution < -0.4 is 5.73 Å². The molecule has 3 nitrogen and oxygen atoms in total. The molecule has 0 aliphatic heterocycles. The smallest absolute Gasteiger partial charge is 0.0849 e. The molecule has 0 unspecified atom stereocenters. The molecule has 0 spiro atoms. The van der Waals surface area contributed by atoms with Gasteiger partial charge in [0.05, 0.1) is 18.3 Å². The summed E-state index contributed by atoms with van der Waals surface area (Å²) in [6.07, 6.45) is -0.173. The van der Waals surface area contributed by atoms with Crippen LogP contribution in [0, 0.1) is 0 Å². The Kier molecular flexibility index (Phi) is 4.00. The minimum absolute atomic E-state index is 0.0276. The molecule has 0 aromatic heterocycles. The summed E-state index contributed by atoms with van der Waals surface area (Å²) in [6, 6.07) is 0.0276. The predicted molar refractivity (Wildman–Crippen MR) is 45.4 cm³/mol. The van der Waals surface area contributed by atoms with Crippen molar-refractivity contribution in [1.82, 2.24) is 0 Å². The Bertz CT molecular complexity index is 107. The van der Waals surface area contributed by atoms with E-state index in [9.17, 15) is 5.11 Å². The normalized spacial score (nSPS) is 18.0. The van der Waals surface area contributed by atoms with Gasteiger partial charge in [0, 0.05) is 6.04 Å². The maximum Gasteiger partial charge on any atom is 0.0849 e. The third-order valence-corrected chi connectivity index (χ3v) is 1.60. The van der Waals surface area contributed by atoms with Crippen LogP contribution in [0.3, 0.4) is 0 Å². The van der Waals surface area contributed by atoms with Crippen LogP contribution in [0.4, 0.5) is 0 Å². The molecule has 68 valence electrons. The van der Waals surface area contributed by atoms with Crippen molar-refractivity contribution in [3.05, 3.63) is 0 Å². The van der Waals surface area contributed by atoms with E-state index in [1.807, 2.05) is 13.8 Å². The average molecular weight is 161 g/mol. The summed E-state index contributed by atoms with van der Waals surface area (Å²) in [7, 11) is 0. The molecule has 0 aromatic rings. The van der Waals surface area contributed by atoms with Crippen molar-refractivity contribution in [1.29, 1.82) is 0 Å². The highest BCUT2D eigenvalue weighted by Gasteiger charge is 2.22. The Morgan fingerprint density at radius 1 is 1.45 bits per heavy atom. The van der Waals surface area contributed by atoms with Gasteiger partial charge in [0.1, 0.15) is 0 Å². The minimum Gasteiger partial charge on any atom is -0.388 e. The highest BCUT2D eigenvalue weighted by atomic mass is 16.5. The van der Waals surface area contributed by atoms with Crippen LogP contribution >= 0.6 is 0 Å². The quantitative estimate of drug-likeness (QED) is 0.631. The van der Waals surface area contributed by atoms with E-state index in [-0.39, 0.29) is 12.1 Å². The van der Waals surface area contributed by atoms with Crippen LogP contribution in [0.15, 0.2) is 0 Å². The predicted octanol–water partition coefficient (Wildman–Crippen LogP) is 0.510. The zero-order valence-electron chi connectivity index (χ0n) is 7.79. The van der Waals surface area contributed by atoms with Crippen LogP contribution in [0.25, 0.3) is 0 Å². The summed E-state index contributed by atoms with van der Waals surface area (Å²) in [4.78, 5) is 0. The van der Waals surface area contributed by atoms with E-state index < -0.39 is 5.60 Å². The lowest BCUT2D eigenvalue weighted by Gasteiger charge is -2.26. The van der Waals surface area contributed by atoms with Crippen LogP contribution in [-0.4, -0.2) is 29.5 Å². The number of hydrogen-bond donors (Lipinski definition) is 2. The van der Waals surface area contributed by atoms with E-state index in [0.29, 0.717) is 6.61 Å². The fraction of sp³-hybridized carbons (Fsp3) is 1.00. The molecule has 0 radical (unpaired) electrons. The minimum atomic E-state index is -0.783. The van der Waals surface area contributed by atoms with Gasteiger partial charge in [-0.3, -0.25) is 0 Å². The Morgan fingerprint density at radius 3 is 2.18 bits per heavy atom. The van der Waals surface area contributed by atoms with Gasteiger partial charge in [-0.25, -0.2) is 0 Å². The standard InChI is InChI=1S/C8H19NO2/c1-6(9)5-11-7(2)8(3,4)10/h6-7,10H,5,9H2,1-4H3/t6-,7+/m1/s1. The number of aliphatic hydroxyl groups is 1. The van der Waals surface area contributed by atoms with Gasteiger partial charge in [-0.1, -0.05) is 0 Å². The van der Waals surface area contributed by atoms with Crippen molar-refractivity contribution in [3.8, 4) is 0 Å². The Morgan fingerprint density at radius 2 is 1.91 bits per heavy atom. The monoisotopic (exact) mass is 161 g/mol. The zero-order chi connectivity index (χ0) is 9.07. The maximum atomic E-state index is 9.43. The van der Waals surface area contributed by atoms with E-state index in [0.717, 1.165) is 0 Å². The number of rotatable bonds is 4. The first-order chi connectivity index (χ1) is 4.84. The fourth-order valence-electron chi connectivity index (χ4n) is 0.500. The zero-order valence-corrected chi connectivity index (χ0v) is 7.79. The lowest BCUT2D eigenvalue weighted by Crippen LogP contribution is -2.38. The number of hydrogen-bond acceptors (Lipinski definition) is 3. The molecular formula is C8H19NO2. The fourth-order valence-corrected chi connectivity index (χ4v) is 0.500. The molecule has 2 atom stereocenters. The van der Waals surface area contributed by atoms with Crippen molar-refractivity contribution in [3.63, 3.8) is 0 Å². The number of ether oxygens (including phenoxy) is 1. The van der Waals surface area contributed by atoms with Crippen molar-refractivity contribution in [2.24, 2.45) is 5.73 Å². The average Bonchev–Trinajstić information content (AvgIpc) is 1.80. The molecule has 0 aliphatic carbocycles. The van der Waals surface area contributed by atoms with E-state index >= 15 is 0 Å². The summed E-state index contributed by atoms with van der Waals surface area (Å²) in [6.45, 7) is 7.64. The topological polar surface area (TPSA) is 55.5 Å². The van der Waals surface area contributed by atoms with Gasteiger partial charge in [0.25, 0.3) is 0 Å². The largest absolute Gasteiger partial charge is 0.388 e. The van der Waals surface area contributed by atoms with Gasteiger partial charge in [0.15, 0.2) is 0 Å². The van der Waals surface area contributed by atoms with E-state index in [1.54, 1.807) is 13.8 Å². The Labute approximate surface area is 68.5 Å². The lowest BCUT2D eigenvalue weighted by molar-refractivity contribution is -0.0805. The third kappa shape index (κ3) is 5.18. The van der Waals surface area contributed by atoms with Crippen molar-refractivity contribution >= 4 is 0 Å². The Hall–Kier alpha value is -0.120. The summed E-state index contributed by atoms with van der Waals surface area (Å²) in [5.41, 5.74) is 4.69. The number of nitrogens with two attached hydrogens (primary N) is 1. The van der Waals surface area contributed by atoms with Gasteiger partial charge < -0.3 is 15.6 Å². The first-order valence-corrected chi connectivity index (χ1v) is 3.93. The SMILES string of the molecule is C[C@H](OC[C@@H](C)N)C(C)(C)O. The molecule has 0 aliphatic rings. The van der Waals surface area contributed by atoms with Crippen molar-refractivity contribution in [2.75, 3.05) is 6.61 Å². The van der Waals surface area contributed by atoms with Gasteiger partial charge >= 0.3 is 0 Å². The lowest BCUT2D eigenvalue weighted by atomic mass is 10.0. The van der Waals surface area contributed by atoms with Crippen molar-refractivity contribution < 1.29 is 9.84 Å². The molecule has 0 heterocycles. The molecule has 0 fully saturated rings. The Balaban J connectivity index is 3.61. The summed E-state index contributed by atoms with van der Waals surface area (Å²) >= 11 is 0. The molecule has 0 amide bonds. The van der Waals surface area contributed by atoms with Gasteiger partial charge in [0.2, 0.25) is 0 Å².